The zero-order valence-corrected chi connectivity index (χ0v) is 19.5. The fraction of sp³-hybridized carbons (Fsp3) is 0.680. The maximum Gasteiger partial charge on any atom is 0.336 e. The lowest BCUT2D eigenvalue weighted by molar-refractivity contribution is -0.188. The highest BCUT2D eigenvalue weighted by atomic mass is 16.8. The van der Waals surface area contributed by atoms with Gasteiger partial charge in [-0.2, -0.15) is 0 Å². The molecule has 2 heterocycles. The molecule has 0 unspecified atom stereocenters. The molecular weight excluding hydrogens is 428 g/mol. The summed E-state index contributed by atoms with van der Waals surface area (Å²) in [7, 11) is 0. The maximum atomic E-state index is 13.6. The number of hydrogen-bond donors (Lipinski definition) is 0. The number of rotatable bonds is 4. The van der Waals surface area contributed by atoms with E-state index in [1.165, 1.54) is 0 Å². The third kappa shape index (κ3) is 3.21. The van der Waals surface area contributed by atoms with Crippen LogP contribution in [-0.4, -0.2) is 61.1 Å². The zero-order valence-electron chi connectivity index (χ0n) is 19.5. The lowest BCUT2D eigenvalue weighted by atomic mass is 9.48. The van der Waals surface area contributed by atoms with Crippen LogP contribution in [0.2, 0.25) is 0 Å². The Morgan fingerprint density at radius 2 is 1.76 bits per heavy atom. The second-order valence-electron chi connectivity index (χ2n) is 10.1. The molecule has 0 N–H and O–H groups in total. The van der Waals surface area contributed by atoms with E-state index in [4.69, 9.17) is 34.8 Å². The van der Waals surface area contributed by atoms with Crippen molar-refractivity contribution in [3.05, 3.63) is 23.8 Å². The molecule has 0 aromatic rings. The van der Waals surface area contributed by atoms with Crippen LogP contribution < -0.4 is 0 Å². The van der Waals surface area contributed by atoms with E-state index in [2.05, 4.69) is 5.92 Å². The smallest absolute Gasteiger partial charge is 0.336 e. The molecule has 178 valence electrons. The van der Waals surface area contributed by atoms with Crippen molar-refractivity contribution in [1.82, 2.24) is 0 Å². The van der Waals surface area contributed by atoms with Crippen molar-refractivity contribution in [2.75, 3.05) is 13.2 Å². The Kier molecular flexibility index (Phi) is 5.07. The molecule has 0 aromatic carbocycles. The van der Waals surface area contributed by atoms with E-state index in [-0.39, 0.29) is 31.2 Å². The Morgan fingerprint density at radius 3 is 2.45 bits per heavy atom. The molecule has 1 saturated carbocycles. The minimum atomic E-state index is -1.23. The van der Waals surface area contributed by atoms with Gasteiger partial charge in [0.15, 0.2) is 18.2 Å². The summed E-state index contributed by atoms with van der Waals surface area (Å²) in [6, 6.07) is 0. The summed E-state index contributed by atoms with van der Waals surface area (Å²) in [5.74, 6) is -1.16. The first-order valence-corrected chi connectivity index (χ1v) is 11.4. The van der Waals surface area contributed by atoms with Crippen LogP contribution in [0, 0.1) is 35.5 Å². The van der Waals surface area contributed by atoms with Crippen molar-refractivity contribution < 1.29 is 38.0 Å². The quantitative estimate of drug-likeness (QED) is 0.360. The first-order chi connectivity index (χ1) is 15.5. The van der Waals surface area contributed by atoms with E-state index in [0.29, 0.717) is 5.57 Å². The zero-order chi connectivity index (χ0) is 23.8. The van der Waals surface area contributed by atoms with E-state index < -0.39 is 53.2 Å². The summed E-state index contributed by atoms with van der Waals surface area (Å²) in [5, 5.41) is 0. The molecule has 0 radical (unpaired) electrons. The fourth-order valence-electron chi connectivity index (χ4n) is 6.34. The molecular formula is C25H30O8. The normalized spacial score (nSPS) is 43.0. The van der Waals surface area contributed by atoms with E-state index >= 15 is 0 Å². The Labute approximate surface area is 193 Å². The van der Waals surface area contributed by atoms with E-state index in [1.54, 1.807) is 6.92 Å². The topological polar surface area (TPSA) is 89.5 Å². The van der Waals surface area contributed by atoms with Gasteiger partial charge in [-0.15, -0.1) is 6.42 Å². The minimum absolute atomic E-state index is 0.103. The van der Waals surface area contributed by atoms with Gasteiger partial charge in [0.1, 0.15) is 17.6 Å². The highest BCUT2D eigenvalue weighted by Crippen LogP contribution is 2.63. The lowest BCUT2D eigenvalue weighted by Crippen LogP contribution is -2.67. The molecule has 0 aromatic heterocycles. The van der Waals surface area contributed by atoms with Crippen molar-refractivity contribution >= 4 is 11.9 Å². The first-order valence-electron chi connectivity index (χ1n) is 11.4. The van der Waals surface area contributed by atoms with Crippen LogP contribution >= 0.6 is 0 Å². The molecule has 6 rings (SSSR count). The van der Waals surface area contributed by atoms with Crippen LogP contribution in [0.5, 0.6) is 0 Å². The van der Waals surface area contributed by atoms with Gasteiger partial charge >= 0.3 is 11.9 Å². The molecule has 33 heavy (non-hydrogen) atoms. The molecule has 8 nitrogen and oxygen atoms in total. The molecule has 3 fully saturated rings. The van der Waals surface area contributed by atoms with Gasteiger partial charge in [-0.05, 0) is 34.6 Å². The largest absolute Gasteiger partial charge is 0.463 e. The molecule has 2 aliphatic heterocycles. The van der Waals surface area contributed by atoms with Crippen LogP contribution in [0.1, 0.15) is 34.6 Å². The second-order valence-corrected chi connectivity index (χ2v) is 10.1. The summed E-state index contributed by atoms with van der Waals surface area (Å²) in [5.41, 5.74) is -0.874. The summed E-state index contributed by atoms with van der Waals surface area (Å²) in [6.07, 6.45) is 8.97. The average Bonchev–Trinajstić information content (AvgIpc) is 3.26. The van der Waals surface area contributed by atoms with Crippen molar-refractivity contribution in [1.29, 1.82) is 0 Å². The van der Waals surface area contributed by atoms with Crippen molar-refractivity contribution in [2.24, 2.45) is 23.2 Å². The van der Waals surface area contributed by atoms with Crippen LogP contribution in [0.3, 0.4) is 0 Å². The Morgan fingerprint density at radius 1 is 1.06 bits per heavy atom. The molecule has 2 bridgehead atoms. The molecule has 0 spiro atoms. The van der Waals surface area contributed by atoms with Gasteiger partial charge in [0.25, 0.3) is 0 Å². The molecule has 8 atom stereocenters. The van der Waals surface area contributed by atoms with Crippen molar-refractivity contribution in [3.63, 3.8) is 0 Å². The van der Waals surface area contributed by atoms with Crippen LogP contribution in [0.15, 0.2) is 23.8 Å². The Bertz CT molecular complexity index is 971. The van der Waals surface area contributed by atoms with Gasteiger partial charge in [0.05, 0.1) is 24.4 Å². The number of allylic oxidation sites excluding steroid dienone is 1. The van der Waals surface area contributed by atoms with E-state index in [9.17, 15) is 9.59 Å². The summed E-state index contributed by atoms with van der Waals surface area (Å²) in [6.45, 7) is 9.10. The second kappa shape index (κ2) is 7.41. The van der Waals surface area contributed by atoms with Gasteiger partial charge in [-0.3, -0.25) is 4.79 Å². The Balaban J connectivity index is 1.67. The standard InChI is InChI=1S/C25H30O8/c1-7-11-29-22(27)25-10-9-13(18-20(25)33-24(5,6)31-18)16-15(25)12-14(21(26)28-8-2)17-19(16)32-23(3,4)30-17/h1,9-10,12-13,15-20H,8,11H2,2-6H3/t13-,15+,16+,17+,18-,19-,20-,25-/m0/s1. The maximum absolute atomic E-state index is 13.6. The number of fused-ring (bicyclic) bond motifs is 1. The molecule has 6 aliphatic rings. The number of carbonyl (C=O) groups excluding carboxylic acids is 2. The van der Waals surface area contributed by atoms with Gasteiger partial charge in [0, 0.05) is 17.8 Å². The summed E-state index contributed by atoms with van der Waals surface area (Å²) < 4.78 is 35.9. The Hall–Kier alpha value is -2.18. The van der Waals surface area contributed by atoms with Crippen LogP contribution in [-0.2, 0) is 38.0 Å². The third-order valence-electron chi connectivity index (χ3n) is 7.31. The van der Waals surface area contributed by atoms with E-state index in [1.807, 2.05) is 45.9 Å². The van der Waals surface area contributed by atoms with Gasteiger partial charge in [-0.25, -0.2) is 4.79 Å². The fourth-order valence-corrected chi connectivity index (χ4v) is 6.34. The summed E-state index contributed by atoms with van der Waals surface area (Å²) in [4.78, 5) is 26.6. The van der Waals surface area contributed by atoms with Crippen molar-refractivity contribution in [3.8, 4) is 12.3 Å². The molecule has 0 amide bonds. The predicted molar refractivity (Wildman–Crippen MR) is 114 cm³/mol. The predicted octanol–water partition coefficient (Wildman–Crippen LogP) is 2.12. The number of carbonyl (C=O) groups is 2. The highest BCUT2D eigenvalue weighted by Gasteiger charge is 2.73. The average molecular weight is 459 g/mol. The molecule has 8 heteroatoms. The van der Waals surface area contributed by atoms with E-state index in [0.717, 1.165) is 0 Å². The number of esters is 2. The molecule has 2 saturated heterocycles. The minimum Gasteiger partial charge on any atom is -0.463 e. The van der Waals surface area contributed by atoms with Gasteiger partial charge < -0.3 is 28.4 Å². The SMILES string of the molecule is C#CCOC(=O)[C@]12C=C[C@H]([C@@H]3OC(C)(C)O[C@@H]31)[C@H]1[C@@H]3OC(C)(C)O[C@@H]3C(C(=O)OCC)=C[C@H]12. The van der Waals surface area contributed by atoms with Crippen LogP contribution in [0.25, 0.3) is 0 Å². The van der Waals surface area contributed by atoms with Crippen molar-refractivity contribution in [2.45, 2.75) is 70.6 Å². The van der Waals surface area contributed by atoms with Crippen LogP contribution in [0.4, 0.5) is 0 Å². The van der Waals surface area contributed by atoms with Gasteiger partial charge in [-0.1, -0.05) is 24.1 Å². The first kappa shape index (κ1) is 22.6. The highest BCUT2D eigenvalue weighted by molar-refractivity contribution is 5.91. The number of terminal acetylenes is 1. The monoisotopic (exact) mass is 458 g/mol. The lowest BCUT2D eigenvalue weighted by Gasteiger charge is -2.57. The number of ether oxygens (including phenoxy) is 6. The summed E-state index contributed by atoms with van der Waals surface area (Å²) >= 11 is 0. The number of hydrogen-bond acceptors (Lipinski definition) is 8. The molecule has 4 aliphatic carbocycles. The van der Waals surface area contributed by atoms with Gasteiger partial charge in [0.2, 0.25) is 0 Å². The third-order valence-corrected chi connectivity index (χ3v) is 7.31.